The quantitative estimate of drug-likeness (QED) is 0.130. The summed E-state index contributed by atoms with van der Waals surface area (Å²) in [4.78, 5) is 0. The first-order valence-corrected chi connectivity index (χ1v) is 18.4. The van der Waals surface area contributed by atoms with Gasteiger partial charge in [0.2, 0.25) is 0 Å². The van der Waals surface area contributed by atoms with Gasteiger partial charge in [-0.25, -0.2) is 0 Å². The van der Waals surface area contributed by atoms with E-state index in [9.17, 15) is 0 Å². The van der Waals surface area contributed by atoms with E-state index in [-0.39, 0.29) is 0 Å². The van der Waals surface area contributed by atoms with Crippen LogP contribution in [0.15, 0.2) is 182 Å². The van der Waals surface area contributed by atoms with Crippen LogP contribution >= 0.6 is 11.3 Å². The number of hydrogen-bond donors (Lipinski definition) is 0. The van der Waals surface area contributed by atoms with E-state index in [0.29, 0.717) is 0 Å². The second-order valence-electron chi connectivity index (χ2n) is 13.6. The molecule has 0 fully saturated rings. The van der Waals surface area contributed by atoms with Gasteiger partial charge in [0.15, 0.2) is 0 Å². The Hall–Kier alpha value is -6.28. The molecule has 0 nitrogen and oxygen atoms in total. The number of benzene rings is 10. The lowest BCUT2D eigenvalue weighted by molar-refractivity contribution is 1.63. The molecule has 1 aromatic heterocycles. The molecular formula is C50H30S. The first kappa shape index (κ1) is 28.5. The third-order valence-electron chi connectivity index (χ3n) is 10.8. The summed E-state index contributed by atoms with van der Waals surface area (Å²) in [5.74, 6) is 0. The number of hydrogen-bond acceptors (Lipinski definition) is 1. The topological polar surface area (TPSA) is 0 Å². The minimum absolute atomic E-state index is 1.22. The van der Waals surface area contributed by atoms with E-state index in [1.165, 1.54) is 107 Å². The van der Waals surface area contributed by atoms with Crippen molar-refractivity contribution < 1.29 is 0 Å². The van der Waals surface area contributed by atoms with Crippen molar-refractivity contribution in [2.75, 3.05) is 0 Å². The van der Waals surface area contributed by atoms with Gasteiger partial charge in [0, 0.05) is 25.6 Å². The van der Waals surface area contributed by atoms with E-state index >= 15 is 0 Å². The van der Waals surface area contributed by atoms with Gasteiger partial charge in [-0.3, -0.25) is 0 Å². The van der Waals surface area contributed by atoms with Crippen LogP contribution in [0.1, 0.15) is 0 Å². The van der Waals surface area contributed by atoms with Gasteiger partial charge in [0.1, 0.15) is 0 Å². The fourth-order valence-electron chi connectivity index (χ4n) is 8.58. The molecule has 0 unspecified atom stereocenters. The number of thiophene rings is 1. The van der Waals surface area contributed by atoms with Crippen molar-refractivity contribution in [3.05, 3.63) is 182 Å². The molecule has 0 aliphatic rings. The minimum atomic E-state index is 1.22. The summed E-state index contributed by atoms with van der Waals surface area (Å²) in [6, 6.07) is 67.2. The molecule has 0 aliphatic heterocycles. The van der Waals surface area contributed by atoms with Crippen molar-refractivity contribution >= 4 is 85.4 Å². The summed E-state index contributed by atoms with van der Waals surface area (Å²) >= 11 is 1.92. The van der Waals surface area contributed by atoms with Gasteiger partial charge in [-0.1, -0.05) is 170 Å². The maximum atomic E-state index is 2.41. The van der Waals surface area contributed by atoms with Gasteiger partial charge in [-0.2, -0.15) is 0 Å². The van der Waals surface area contributed by atoms with Gasteiger partial charge in [-0.15, -0.1) is 11.3 Å². The molecule has 11 rings (SSSR count). The van der Waals surface area contributed by atoms with Crippen molar-refractivity contribution in [1.82, 2.24) is 0 Å². The van der Waals surface area contributed by atoms with E-state index < -0.39 is 0 Å². The Morgan fingerprint density at radius 3 is 1.45 bits per heavy atom. The lowest BCUT2D eigenvalue weighted by Gasteiger charge is -2.18. The summed E-state index contributed by atoms with van der Waals surface area (Å²) in [6.07, 6.45) is 0. The molecule has 10 aromatic carbocycles. The highest BCUT2D eigenvalue weighted by Gasteiger charge is 2.18. The second kappa shape index (κ2) is 11.1. The monoisotopic (exact) mass is 662 g/mol. The van der Waals surface area contributed by atoms with E-state index in [1.54, 1.807) is 0 Å². The molecule has 0 radical (unpaired) electrons. The Labute approximate surface area is 299 Å². The fourth-order valence-corrected chi connectivity index (χ4v) is 9.85. The average molecular weight is 663 g/mol. The molecule has 0 spiro atoms. The molecule has 0 saturated carbocycles. The molecule has 11 aromatic rings. The molecular weight excluding hydrogens is 633 g/mol. The first-order valence-electron chi connectivity index (χ1n) is 17.6. The predicted octanol–water partition coefficient (Wildman–Crippen LogP) is 14.8. The largest absolute Gasteiger partial charge is 0.134 e. The van der Waals surface area contributed by atoms with Gasteiger partial charge >= 0.3 is 0 Å². The SMILES string of the molecule is c1ccc(-c2c3ccccc3c(-c3ccc(-c4ccc5c(c4)c4ccccc4c4c5sc5ccc6ccccc6c54)cc3)c3ccccc23)cc1. The van der Waals surface area contributed by atoms with Crippen LogP contribution in [-0.4, -0.2) is 0 Å². The Kier molecular flexibility index (Phi) is 6.22. The van der Waals surface area contributed by atoms with Crippen molar-refractivity contribution in [1.29, 1.82) is 0 Å². The van der Waals surface area contributed by atoms with Crippen LogP contribution in [0.5, 0.6) is 0 Å². The Balaban J connectivity index is 1.10. The Morgan fingerprint density at radius 2 is 0.784 bits per heavy atom. The maximum Gasteiger partial charge on any atom is 0.0440 e. The van der Waals surface area contributed by atoms with E-state index in [4.69, 9.17) is 0 Å². The van der Waals surface area contributed by atoms with Crippen LogP contribution < -0.4 is 0 Å². The summed E-state index contributed by atoms with van der Waals surface area (Å²) in [5, 5.41) is 15.8. The zero-order chi connectivity index (χ0) is 33.5. The van der Waals surface area contributed by atoms with Crippen LogP contribution in [0.4, 0.5) is 0 Å². The van der Waals surface area contributed by atoms with Crippen LogP contribution in [-0.2, 0) is 0 Å². The van der Waals surface area contributed by atoms with Crippen molar-refractivity contribution in [3.63, 3.8) is 0 Å². The third kappa shape index (κ3) is 4.26. The highest BCUT2D eigenvalue weighted by atomic mass is 32.1. The van der Waals surface area contributed by atoms with Crippen LogP contribution in [0.3, 0.4) is 0 Å². The summed E-state index contributed by atoms with van der Waals surface area (Å²) in [7, 11) is 0. The van der Waals surface area contributed by atoms with Gasteiger partial charge < -0.3 is 0 Å². The Bertz CT molecular complexity index is 3110. The number of fused-ring (bicyclic) bond motifs is 12. The summed E-state index contributed by atoms with van der Waals surface area (Å²) in [5.41, 5.74) is 7.53. The molecule has 0 saturated heterocycles. The molecule has 0 N–H and O–H groups in total. The third-order valence-corrected chi connectivity index (χ3v) is 12.0. The van der Waals surface area contributed by atoms with E-state index in [0.717, 1.165) is 0 Å². The molecule has 0 amide bonds. The van der Waals surface area contributed by atoms with Crippen molar-refractivity contribution in [2.24, 2.45) is 0 Å². The van der Waals surface area contributed by atoms with E-state index in [2.05, 4.69) is 182 Å². The zero-order valence-corrected chi connectivity index (χ0v) is 28.5. The minimum Gasteiger partial charge on any atom is -0.134 e. The first-order chi connectivity index (χ1) is 25.3. The van der Waals surface area contributed by atoms with Gasteiger partial charge in [0.05, 0.1) is 0 Å². The molecule has 1 heteroatoms. The smallest absolute Gasteiger partial charge is 0.0440 e. The molecule has 1 heterocycles. The molecule has 0 bridgehead atoms. The highest BCUT2D eigenvalue weighted by molar-refractivity contribution is 7.27. The fraction of sp³-hybridized carbons (Fsp3) is 0. The summed E-state index contributed by atoms with van der Waals surface area (Å²) in [6.45, 7) is 0. The van der Waals surface area contributed by atoms with Crippen molar-refractivity contribution in [3.8, 4) is 33.4 Å². The van der Waals surface area contributed by atoms with Gasteiger partial charge in [-0.05, 0) is 94.0 Å². The zero-order valence-electron chi connectivity index (χ0n) is 27.7. The van der Waals surface area contributed by atoms with Crippen molar-refractivity contribution in [2.45, 2.75) is 0 Å². The maximum absolute atomic E-state index is 2.41. The van der Waals surface area contributed by atoms with E-state index in [1.807, 2.05) is 11.3 Å². The normalized spacial score (nSPS) is 11.9. The van der Waals surface area contributed by atoms with Crippen LogP contribution in [0.2, 0.25) is 0 Å². The standard InChI is InChI=1S/C50H30S/c1-2-13-33(14-3-1)46-39-18-8-10-20-41(39)47(42-21-11-9-19-40(42)46)34-24-22-31(23-25-34)35-26-28-43-44(30-35)37-16-6-7-17-38(37)49-48-36-15-5-4-12-32(36)27-29-45(48)51-50(43)49/h1-30H. The average Bonchev–Trinajstić information content (AvgIpc) is 3.61. The lowest BCUT2D eigenvalue weighted by atomic mass is 9.85. The molecule has 51 heavy (non-hydrogen) atoms. The molecule has 0 atom stereocenters. The Morgan fingerprint density at radius 1 is 0.275 bits per heavy atom. The highest BCUT2D eigenvalue weighted by Crippen LogP contribution is 2.47. The van der Waals surface area contributed by atoms with Crippen LogP contribution in [0.25, 0.3) is 107 Å². The van der Waals surface area contributed by atoms with Gasteiger partial charge in [0.25, 0.3) is 0 Å². The number of rotatable bonds is 3. The predicted molar refractivity (Wildman–Crippen MR) is 223 cm³/mol. The molecule has 0 aliphatic carbocycles. The summed E-state index contributed by atoms with van der Waals surface area (Å²) < 4.78 is 2.72. The lowest BCUT2D eigenvalue weighted by Crippen LogP contribution is -1.90. The molecule has 236 valence electrons. The second-order valence-corrected chi connectivity index (χ2v) is 14.6. The van der Waals surface area contributed by atoms with Crippen LogP contribution in [0, 0.1) is 0 Å².